The highest BCUT2D eigenvalue weighted by atomic mass is 35.5. The Morgan fingerprint density at radius 3 is 2.89 bits per heavy atom. The van der Waals surface area contributed by atoms with Gasteiger partial charge in [0.2, 0.25) is 5.91 Å². The molecule has 0 N–H and O–H groups in total. The zero-order chi connectivity index (χ0) is 18.9. The van der Waals surface area contributed by atoms with Gasteiger partial charge in [0.15, 0.2) is 5.78 Å². The van der Waals surface area contributed by atoms with E-state index in [0.717, 1.165) is 44.3 Å². The maximum atomic E-state index is 13.3. The van der Waals surface area contributed by atoms with Crippen molar-refractivity contribution in [2.45, 2.75) is 38.5 Å². The van der Waals surface area contributed by atoms with Crippen molar-refractivity contribution in [1.82, 2.24) is 4.98 Å². The predicted octanol–water partition coefficient (Wildman–Crippen LogP) is 4.92. The Hall–Kier alpha value is -2.20. The van der Waals surface area contributed by atoms with Crippen LogP contribution in [0.3, 0.4) is 0 Å². The van der Waals surface area contributed by atoms with Gasteiger partial charge in [-0.05, 0) is 61.9 Å². The van der Waals surface area contributed by atoms with Crippen LogP contribution in [0.15, 0.2) is 48.7 Å². The van der Waals surface area contributed by atoms with Crippen LogP contribution in [0.1, 0.15) is 49.0 Å². The van der Waals surface area contributed by atoms with Gasteiger partial charge in [-0.1, -0.05) is 30.2 Å². The number of nitrogens with zero attached hydrogens (tertiary/aromatic N) is 2. The summed E-state index contributed by atoms with van der Waals surface area (Å²) < 4.78 is 0. The summed E-state index contributed by atoms with van der Waals surface area (Å²) in [5, 5.41) is 0.642. The van der Waals surface area contributed by atoms with E-state index in [2.05, 4.69) is 4.98 Å². The summed E-state index contributed by atoms with van der Waals surface area (Å²) >= 11 is 6.11. The molecule has 1 amide bonds. The van der Waals surface area contributed by atoms with Gasteiger partial charge < -0.3 is 4.90 Å². The molecule has 5 heteroatoms. The number of carbonyl (C=O) groups is 2. The summed E-state index contributed by atoms with van der Waals surface area (Å²) in [7, 11) is 0. The third kappa shape index (κ3) is 3.63. The van der Waals surface area contributed by atoms with Crippen LogP contribution in [-0.2, 0) is 4.79 Å². The number of anilines is 1. The van der Waals surface area contributed by atoms with Gasteiger partial charge >= 0.3 is 0 Å². The molecular weight excluding hydrogens is 360 g/mol. The fraction of sp³-hybridized carbons (Fsp3) is 0.409. The number of Topliss-reactive ketones (excluding diaryl/α,β-unsaturated/α-hetero) is 1. The molecule has 1 saturated heterocycles. The number of hydrogen-bond donors (Lipinski definition) is 0. The first-order valence-electron chi connectivity index (χ1n) is 9.59. The average Bonchev–Trinajstić information content (AvgIpc) is 2.98. The largest absolute Gasteiger partial charge is 0.312 e. The summed E-state index contributed by atoms with van der Waals surface area (Å²) in [4.78, 5) is 31.9. The van der Waals surface area contributed by atoms with Crippen LogP contribution >= 0.6 is 11.6 Å². The van der Waals surface area contributed by atoms with E-state index in [1.165, 1.54) is 0 Å². The number of ketones is 1. The quantitative estimate of drug-likeness (QED) is 0.705. The summed E-state index contributed by atoms with van der Waals surface area (Å²) in [5.41, 5.74) is 1.07. The predicted molar refractivity (Wildman–Crippen MR) is 106 cm³/mol. The smallest absolute Gasteiger partial charge is 0.233 e. The normalized spacial score (nSPS) is 25.1. The van der Waals surface area contributed by atoms with Crippen molar-refractivity contribution in [3.8, 4) is 0 Å². The number of carbonyl (C=O) groups excluding carboxylic acids is 2. The fourth-order valence-electron chi connectivity index (χ4n) is 4.69. The standard InChI is InChI=1S/C22H23ClN2O2/c23-17-6-3-7-18(14-17)25-12-10-22(21(25)27)9-4-5-16(15-22)13-20(26)19-8-1-2-11-24-19/h1-3,6-8,11,14,16H,4-5,9-10,12-13,15H2/t16-,22-/m1/s1. The third-order valence-corrected chi connectivity index (χ3v) is 6.24. The minimum Gasteiger partial charge on any atom is -0.312 e. The van der Waals surface area contributed by atoms with Crippen molar-refractivity contribution in [2.24, 2.45) is 11.3 Å². The van der Waals surface area contributed by atoms with Gasteiger partial charge in [-0.3, -0.25) is 14.6 Å². The number of hydrogen-bond acceptors (Lipinski definition) is 3. The van der Waals surface area contributed by atoms with Crippen LogP contribution in [-0.4, -0.2) is 23.2 Å². The molecule has 0 bridgehead atoms. The van der Waals surface area contributed by atoms with Crippen LogP contribution in [0.25, 0.3) is 0 Å². The Labute approximate surface area is 164 Å². The van der Waals surface area contributed by atoms with E-state index in [4.69, 9.17) is 11.6 Å². The number of pyridine rings is 1. The van der Waals surface area contributed by atoms with Gasteiger partial charge in [0.05, 0.1) is 5.41 Å². The number of halogens is 1. The van der Waals surface area contributed by atoms with Gasteiger partial charge in [-0.2, -0.15) is 0 Å². The maximum Gasteiger partial charge on any atom is 0.233 e. The third-order valence-electron chi connectivity index (χ3n) is 6.00. The fourth-order valence-corrected chi connectivity index (χ4v) is 4.87. The zero-order valence-electron chi connectivity index (χ0n) is 15.2. The summed E-state index contributed by atoms with van der Waals surface area (Å²) in [6.45, 7) is 0.722. The Bertz CT molecular complexity index is 854. The lowest BCUT2D eigenvalue weighted by atomic mass is 9.67. The van der Waals surface area contributed by atoms with Crippen molar-refractivity contribution < 1.29 is 9.59 Å². The Balaban J connectivity index is 1.47. The monoisotopic (exact) mass is 382 g/mol. The lowest BCUT2D eigenvalue weighted by Crippen LogP contribution is -2.38. The lowest BCUT2D eigenvalue weighted by Gasteiger charge is -2.36. The molecule has 0 radical (unpaired) electrons. The molecule has 4 nitrogen and oxygen atoms in total. The Kier molecular flexibility index (Phi) is 5.00. The highest BCUT2D eigenvalue weighted by Gasteiger charge is 2.49. The van der Waals surface area contributed by atoms with Gasteiger partial charge in [0.25, 0.3) is 0 Å². The molecule has 2 atom stereocenters. The molecule has 1 aliphatic heterocycles. The SMILES string of the molecule is O=C(C[C@H]1CCC[C@@]2(CCN(c3cccc(Cl)c3)C2=O)C1)c1ccccn1. The first-order valence-corrected chi connectivity index (χ1v) is 9.97. The second-order valence-corrected chi connectivity index (χ2v) is 8.21. The molecular formula is C22H23ClN2O2. The van der Waals surface area contributed by atoms with Gasteiger partial charge in [0.1, 0.15) is 5.69 Å². The minimum atomic E-state index is -0.324. The minimum absolute atomic E-state index is 0.0785. The van der Waals surface area contributed by atoms with Crippen molar-refractivity contribution in [3.63, 3.8) is 0 Å². The highest BCUT2D eigenvalue weighted by Crippen LogP contribution is 2.48. The average molecular weight is 383 g/mol. The van der Waals surface area contributed by atoms with E-state index in [9.17, 15) is 9.59 Å². The number of amides is 1. The second kappa shape index (κ2) is 7.43. The van der Waals surface area contributed by atoms with E-state index < -0.39 is 0 Å². The van der Waals surface area contributed by atoms with Gasteiger partial charge in [0, 0.05) is 29.9 Å². The molecule has 2 aromatic rings. The first-order chi connectivity index (χ1) is 13.1. The summed E-state index contributed by atoms with van der Waals surface area (Å²) in [6.07, 6.45) is 6.69. The van der Waals surface area contributed by atoms with Crippen LogP contribution in [0.2, 0.25) is 5.02 Å². The van der Waals surface area contributed by atoms with Crippen molar-refractivity contribution in [1.29, 1.82) is 0 Å². The topological polar surface area (TPSA) is 50.3 Å². The number of aromatic nitrogens is 1. The lowest BCUT2D eigenvalue weighted by molar-refractivity contribution is -0.128. The zero-order valence-corrected chi connectivity index (χ0v) is 16.0. The van der Waals surface area contributed by atoms with Crippen LogP contribution < -0.4 is 4.90 Å². The molecule has 0 unspecified atom stereocenters. The molecule has 1 spiro atoms. The molecule has 1 saturated carbocycles. The molecule has 1 aromatic heterocycles. The molecule has 140 valence electrons. The van der Waals surface area contributed by atoms with E-state index in [1.807, 2.05) is 41.3 Å². The van der Waals surface area contributed by atoms with Crippen molar-refractivity contribution in [2.75, 3.05) is 11.4 Å². The highest BCUT2D eigenvalue weighted by molar-refractivity contribution is 6.31. The van der Waals surface area contributed by atoms with E-state index in [0.29, 0.717) is 17.1 Å². The van der Waals surface area contributed by atoms with Crippen LogP contribution in [0.5, 0.6) is 0 Å². The molecule has 1 aromatic carbocycles. The van der Waals surface area contributed by atoms with E-state index in [1.54, 1.807) is 12.3 Å². The molecule has 2 aliphatic rings. The van der Waals surface area contributed by atoms with Gasteiger partial charge in [-0.15, -0.1) is 0 Å². The van der Waals surface area contributed by atoms with Crippen LogP contribution in [0.4, 0.5) is 5.69 Å². The maximum absolute atomic E-state index is 13.3. The molecule has 2 fully saturated rings. The molecule has 2 heterocycles. The van der Waals surface area contributed by atoms with Crippen LogP contribution in [0, 0.1) is 11.3 Å². The van der Waals surface area contributed by atoms with Crippen molar-refractivity contribution in [3.05, 3.63) is 59.4 Å². The van der Waals surface area contributed by atoms with Crippen molar-refractivity contribution >= 4 is 29.0 Å². The summed E-state index contributed by atoms with van der Waals surface area (Å²) in [6, 6.07) is 12.9. The number of benzene rings is 1. The Morgan fingerprint density at radius 1 is 1.22 bits per heavy atom. The van der Waals surface area contributed by atoms with Gasteiger partial charge in [-0.25, -0.2) is 0 Å². The Morgan fingerprint density at radius 2 is 2.11 bits per heavy atom. The first kappa shape index (κ1) is 18.2. The molecule has 4 rings (SSSR count). The van der Waals surface area contributed by atoms with E-state index in [-0.39, 0.29) is 23.0 Å². The molecule has 1 aliphatic carbocycles. The number of rotatable bonds is 4. The molecule has 27 heavy (non-hydrogen) atoms. The summed E-state index contributed by atoms with van der Waals surface area (Å²) in [5.74, 6) is 0.520. The van der Waals surface area contributed by atoms with E-state index >= 15 is 0 Å². The second-order valence-electron chi connectivity index (χ2n) is 7.77.